The van der Waals surface area contributed by atoms with Crippen molar-refractivity contribution >= 4 is 18.5 Å². The molecule has 5 nitrogen and oxygen atoms in total. The van der Waals surface area contributed by atoms with Gasteiger partial charge in [0.15, 0.2) is 6.72 Å². The quantitative estimate of drug-likeness (QED) is 0.686. The molecule has 1 rings (SSSR count). The van der Waals surface area contributed by atoms with E-state index in [0.29, 0.717) is 0 Å². The first kappa shape index (κ1) is 10.5. The minimum atomic E-state index is -3.43. The van der Waals surface area contributed by atoms with Crippen molar-refractivity contribution in [1.82, 2.24) is 9.97 Å². The van der Waals surface area contributed by atoms with Gasteiger partial charge in [-0.15, -0.1) is 0 Å². The molecule has 1 atom stereocenters. The third kappa shape index (κ3) is 3.78. The number of hydrogen-bond acceptors (Lipinski definition) is 6. The van der Waals surface area contributed by atoms with Crippen LogP contribution in [0.4, 0.5) is 0 Å². The molecule has 13 heavy (non-hydrogen) atoms. The van der Waals surface area contributed by atoms with Crippen molar-refractivity contribution < 1.29 is 13.9 Å². The standard InChI is InChI=1S/C6H9N2O3PS/c1-2-10-12(9,13)11-6-5-7-3-4-8-6/h3-5H,2H2,1H3,(H,9,13)/p-1. The van der Waals surface area contributed by atoms with Crippen molar-refractivity contribution in [3.8, 4) is 5.88 Å². The zero-order chi connectivity index (χ0) is 9.73. The summed E-state index contributed by atoms with van der Waals surface area (Å²) in [6, 6.07) is 0. The van der Waals surface area contributed by atoms with Crippen molar-refractivity contribution in [2.24, 2.45) is 0 Å². The van der Waals surface area contributed by atoms with Crippen LogP contribution >= 0.6 is 6.72 Å². The molecule has 0 saturated heterocycles. The summed E-state index contributed by atoms with van der Waals surface area (Å²) in [4.78, 5) is 18.7. The Hall–Kier alpha value is -0.550. The molecule has 7 heteroatoms. The molecule has 0 saturated carbocycles. The Morgan fingerprint density at radius 2 is 2.38 bits per heavy atom. The van der Waals surface area contributed by atoms with Crippen LogP contribution in [0.25, 0.3) is 0 Å². The van der Waals surface area contributed by atoms with Crippen LogP contribution in [-0.4, -0.2) is 16.6 Å². The van der Waals surface area contributed by atoms with E-state index < -0.39 is 6.72 Å². The van der Waals surface area contributed by atoms with Gasteiger partial charge in [0.05, 0.1) is 12.8 Å². The topological polar surface area (TPSA) is 67.3 Å². The summed E-state index contributed by atoms with van der Waals surface area (Å²) in [5, 5.41) is 0. The van der Waals surface area contributed by atoms with Crippen LogP contribution in [0.15, 0.2) is 18.6 Å². The highest BCUT2D eigenvalue weighted by Gasteiger charge is 2.04. The lowest BCUT2D eigenvalue weighted by Gasteiger charge is -2.25. The van der Waals surface area contributed by atoms with Gasteiger partial charge in [-0.2, -0.15) is 0 Å². The van der Waals surface area contributed by atoms with Crippen molar-refractivity contribution in [3.63, 3.8) is 0 Å². The van der Waals surface area contributed by atoms with Gasteiger partial charge >= 0.3 is 0 Å². The molecule has 1 aromatic heterocycles. The number of aromatic nitrogens is 2. The first-order chi connectivity index (χ1) is 6.14. The second-order valence-corrected chi connectivity index (χ2v) is 4.68. The fourth-order valence-corrected chi connectivity index (χ4v) is 1.87. The van der Waals surface area contributed by atoms with E-state index in [9.17, 15) is 4.89 Å². The summed E-state index contributed by atoms with van der Waals surface area (Å²) in [5.41, 5.74) is 0. The van der Waals surface area contributed by atoms with E-state index in [4.69, 9.17) is 9.05 Å². The maximum absolute atomic E-state index is 11.3. The maximum atomic E-state index is 11.3. The van der Waals surface area contributed by atoms with Crippen LogP contribution in [0, 0.1) is 0 Å². The van der Waals surface area contributed by atoms with E-state index in [-0.39, 0.29) is 12.5 Å². The molecular weight excluding hydrogens is 211 g/mol. The zero-order valence-electron chi connectivity index (χ0n) is 6.91. The molecule has 0 radical (unpaired) electrons. The lowest BCUT2D eigenvalue weighted by atomic mass is 10.7. The summed E-state index contributed by atoms with van der Waals surface area (Å²) in [6.45, 7) is -1.52. The van der Waals surface area contributed by atoms with Gasteiger partial charge in [0.25, 0.3) is 0 Å². The van der Waals surface area contributed by atoms with Crippen LogP contribution in [-0.2, 0) is 16.3 Å². The van der Waals surface area contributed by atoms with Crippen molar-refractivity contribution in [2.45, 2.75) is 6.92 Å². The number of nitrogens with zero attached hydrogens (tertiary/aromatic N) is 2. The second-order valence-electron chi connectivity index (χ2n) is 2.00. The van der Waals surface area contributed by atoms with Gasteiger partial charge in [0.2, 0.25) is 5.88 Å². The maximum Gasteiger partial charge on any atom is 0.236 e. The summed E-state index contributed by atoms with van der Waals surface area (Å²) in [6.07, 6.45) is 4.20. The normalized spacial score (nSPS) is 14.9. The van der Waals surface area contributed by atoms with Crippen LogP contribution in [0.5, 0.6) is 5.88 Å². The van der Waals surface area contributed by atoms with Crippen LogP contribution in [0.3, 0.4) is 0 Å². The molecule has 1 heterocycles. The van der Waals surface area contributed by atoms with Gasteiger partial charge < -0.3 is 13.9 Å². The summed E-state index contributed by atoms with van der Waals surface area (Å²) in [5.74, 6) is 0.106. The fourth-order valence-electron chi connectivity index (χ4n) is 0.632. The molecule has 0 aliphatic heterocycles. The monoisotopic (exact) mass is 219 g/mol. The SMILES string of the molecule is CCOP([O-])(=S)Oc1cnccn1. The van der Waals surface area contributed by atoms with E-state index in [1.807, 2.05) is 0 Å². The number of rotatable bonds is 4. The molecule has 72 valence electrons. The third-order valence-corrected chi connectivity index (χ3v) is 2.56. The van der Waals surface area contributed by atoms with Gasteiger partial charge in [-0.1, -0.05) is 0 Å². The molecular formula is C6H8N2O3PS-. The third-order valence-electron chi connectivity index (χ3n) is 1.03. The van der Waals surface area contributed by atoms with Crippen molar-refractivity contribution in [3.05, 3.63) is 18.6 Å². The smallest absolute Gasteiger partial charge is 0.236 e. The van der Waals surface area contributed by atoms with E-state index in [0.717, 1.165) is 0 Å². The van der Waals surface area contributed by atoms with E-state index in [2.05, 4.69) is 21.8 Å². The van der Waals surface area contributed by atoms with Gasteiger partial charge in [-0.05, 0) is 18.7 Å². The largest absolute Gasteiger partial charge is 0.770 e. The first-order valence-corrected chi connectivity index (χ1v) is 6.11. The average Bonchev–Trinajstić information content (AvgIpc) is 2.04. The molecule has 1 unspecified atom stereocenters. The van der Waals surface area contributed by atoms with E-state index in [1.165, 1.54) is 18.6 Å². The second kappa shape index (κ2) is 4.62. The minimum absolute atomic E-state index is 0.106. The number of hydrogen-bond donors (Lipinski definition) is 0. The lowest BCUT2D eigenvalue weighted by molar-refractivity contribution is -0.198. The predicted octanol–water partition coefficient (Wildman–Crippen LogP) is 0.477. The Kier molecular flexibility index (Phi) is 3.74. The van der Waals surface area contributed by atoms with Gasteiger partial charge in [-0.3, -0.25) is 4.98 Å². The lowest BCUT2D eigenvalue weighted by Crippen LogP contribution is -2.10. The molecule has 0 amide bonds. The van der Waals surface area contributed by atoms with Crippen LogP contribution < -0.4 is 9.42 Å². The molecule has 0 aromatic carbocycles. The zero-order valence-corrected chi connectivity index (χ0v) is 8.62. The minimum Gasteiger partial charge on any atom is -0.770 e. The Bertz CT molecular complexity index is 308. The highest BCUT2D eigenvalue weighted by molar-refractivity contribution is 8.06. The molecule has 1 aromatic rings. The highest BCUT2D eigenvalue weighted by Crippen LogP contribution is 2.38. The molecule has 0 aliphatic rings. The van der Waals surface area contributed by atoms with Crippen LogP contribution in [0.1, 0.15) is 6.92 Å². The Balaban J connectivity index is 2.64. The fraction of sp³-hybridized carbons (Fsp3) is 0.333. The van der Waals surface area contributed by atoms with Gasteiger partial charge in [-0.25, -0.2) is 4.98 Å². The summed E-state index contributed by atoms with van der Waals surface area (Å²) >= 11 is 4.57. The Morgan fingerprint density at radius 3 is 2.92 bits per heavy atom. The van der Waals surface area contributed by atoms with Crippen molar-refractivity contribution in [2.75, 3.05) is 6.61 Å². The Labute approximate surface area is 81.0 Å². The van der Waals surface area contributed by atoms with Gasteiger partial charge in [0.1, 0.15) is 0 Å². The molecule has 0 N–H and O–H groups in total. The van der Waals surface area contributed by atoms with Crippen LogP contribution in [0.2, 0.25) is 0 Å². The first-order valence-electron chi connectivity index (χ1n) is 3.55. The van der Waals surface area contributed by atoms with Gasteiger partial charge in [0, 0.05) is 12.4 Å². The summed E-state index contributed by atoms with van der Waals surface area (Å²) in [7, 11) is 0. The molecule has 0 spiro atoms. The average molecular weight is 219 g/mol. The molecule has 0 bridgehead atoms. The summed E-state index contributed by atoms with van der Waals surface area (Å²) < 4.78 is 9.53. The molecule has 0 aliphatic carbocycles. The van der Waals surface area contributed by atoms with E-state index >= 15 is 0 Å². The van der Waals surface area contributed by atoms with Crippen molar-refractivity contribution in [1.29, 1.82) is 0 Å². The van der Waals surface area contributed by atoms with E-state index in [1.54, 1.807) is 6.92 Å². The molecule has 0 fully saturated rings. The predicted molar refractivity (Wildman–Crippen MR) is 48.6 cm³/mol. The Morgan fingerprint density at radius 1 is 1.62 bits per heavy atom. The highest BCUT2D eigenvalue weighted by atomic mass is 32.5.